The van der Waals surface area contributed by atoms with E-state index in [0.717, 1.165) is 31.2 Å². The lowest BCUT2D eigenvalue weighted by atomic mass is 9.61. The molecule has 27 heavy (non-hydrogen) atoms. The second-order valence-corrected chi connectivity index (χ2v) is 9.31. The van der Waals surface area contributed by atoms with Crippen LogP contribution in [0.3, 0.4) is 0 Å². The summed E-state index contributed by atoms with van der Waals surface area (Å²) in [6.07, 6.45) is 3.39. The molecule has 1 aliphatic carbocycles. The van der Waals surface area contributed by atoms with E-state index in [1.165, 1.54) is 0 Å². The number of nitrogens with zero attached hydrogens (tertiary/aromatic N) is 1. The highest BCUT2D eigenvalue weighted by atomic mass is 16.6. The highest BCUT2D eigenvalue weighted by molar-refractivity contribution is 5.75. The number of carboxylic acids is 1. The van der Waals surface area contributed by atoms with Crippen LogP contribution in [0.1, 0.15) is 52.0 Å². The molecule has 0 radical (unpaired) electrons. The maximum absolute atomic E-state index is 12.5. The van der Waals surface area contributed by atoms with Crippen molar-refractivity contribution in [1.29, 1.82) is 0 Å². The fourth-order valence-electron chi connectivity index (χ4n) is 4.82. The number of ether oxygens (including phenoxy) is 1. The Labute approximate surface area is 161 Å². The van der Waals surface area contributed by atoms with E-state index >= 15 is 0 Å². The van der Waals surface area contributed by atoms with Crippen molar-refractivity contribution in [2.75, 3.05) is 13.1 Å². The van der Waals surface area contributed by atoms with Crippen LogP contribution in [0.5, 0.6) is 0 Å². The molecule has 1 aromatic carbocycles. The maximum Gasteiger partial charge on any atom is 0.410 e. The number of carboxylic acid groups (broad SMARTS) is 1. The molecule has 1 saturated carbocycles. The molecule has 1 atom stereocenters. The van der Waals surface area contributed by atoms with Gasteiger partial charge < -0.3 is 14.7 Å². The Balaban J connectivity index is 1.64. The molecule has 1 saturated heterocycles. The van der Waals surface area contributed by atoms with Crippen molar-refractivity contribution in [3.05, 3.63) is 35.9 Å². The van der Waals surface area contributed by atoms with E-state index < -0.39 is 18.0 Å². The van der Waals surface area contributed by atoms with Crippen LogP contribution in [-0.2, 0) is 16.1 Å². The SMILES string of the molecule is CC(C)(C)C1CCC2(CC1)CN(C(=O)OCc1ccccc1)CC2C(=O)O. The molecule has 2 fully saturated rings. The first-order chi connectivity index (χ1) is 12.7. The average molecular weight is 373 g/mol. The Bertz CT molecular complexity index is 671. The molecule has 1 amide bonds. The molecule has 5 heteroatoms. The summed E-state index contributed by atoms with van der Waals surface area (Å²) in [5, 5.41) is 9.79. The standard InChI is InChI=1S/C22H31NO4/c1-21(2,3)17-9-11-22(12-10-17)15-23(13-18(22)19(24)25)20(26)27-14-16-7-5-4-6-8-16/h4-8,17-18H,9-15H2,1-3H3,(H,24,25). The minimum absolute atomic E-state index is 0.215. The number of benzene rings is 1. The molecule has 3 rings (SSSR count). The Hall–Kier alpha value is -2.04. The van der Waals surface area contributed by atoms with E-state index in [0.29, 0.717) is 12.5 Å². The van der Waals surface area contributed by atoms with Gasteiger partial charge in [0, 0.05) is 18.5 Å². The third kappa shape index (κ3) is 4.28. The van der Waals surface area contributed by atoms with Gasteiger partial charge in [-0.15, -0.1) is 0 Å². The quantitative estimate of drug-likeness (QED) is 0.843. The molecule has 1 unspecified atom stereocenters. The predicted molar refractivity (Wildman–Crippen MR) is 103 cm³/mol. The molecule has 5 nitrogen and oxygen atoms in total. The van der Waals surface area contributed by atoms with Gasteiger partial charge in [0.05, 0.1) is 5.92 Å². The largest absolute Gasteiger partial charge is 0.481 e. The van der Waals surface area contributed by atoms with E-state index in [9.17, 15) is 14.7 Å². The van der Waals surface area contributed by atoms with Crippen LogP contribution in [-0.4, -0.2) is 35.2 Å². The van der Waals surface area contributed by atoms with Gasteiger partial charge in [-0.05, 0) is 42.6 Å². The molecular weight excluding hydrogens is 342 g/mol. The fourth-order valence-corrected chi connectivity index (χ4v) is 4.82. The summed E-state index contributed by atoms with van der Waals surface area (Å²) >= 11 is 0. The van der Waals surface area contributed by atoms with Crippen LogP contribution in [0.4, 0.5) is 4.79 Å². The number of rotatable bonds is 3. The molecule has 1 spiro atoms. The summed E-state index contributed by atoms with van der Waals surface area (Å²) in [5.41, 5.74) is 0.868. The van der Waals surface area contributed by atoms with E-state index in [1.54, 1.807) is 4.90 Å². The first-order valence-electron chi connectivity index (χ1n) is 9.90. The number of hydrogen-bond acceptors (Lipinski definition) is 3. The minimum atomic E-state index is -0.789. The molecule has 0 bridgehead atoms. The van der Waals surface area contributed by atoms with Gasteiger partial charge in [0.1, 0.15) is 6.61 Å². The summed E-state index contributed by atoms with van der Waals surface area (Å²) in [6.45, 7) is 7.73. The third-order valence-electron chi connectivity index (χ3n) is 6.62. The van der Waals surface area contributed by atoms with E-state index in [1.807, 2.05) is 30.3 Å². The summed E-state index contributed by atoms with van der Waals surface area (Å²) < 4.78 is 5.44. The number of amides is 1. The second kappa shape index (κ2) is 7.53. The number of hydrogen-bond donors (Lipinski definition) is 1. The summed E-state index contributed by atoms with van der Waals surface area (Å²) in [7, 11) is 0. The zero-order valence-electron chi connectivity index (χ0n) is 16.6. The van der Waals surface area contributed by atoms with Crippen molar-refractivity contribution in [3.63, 3.8) is 0 Å². The summed E-state index contributed by atoms with van der Waals surface area (Å²) in [6, 6.07) is 9.55. The van der Waals surface area contributed by atoms with Gasteiger partial charge in [-0.25, -0.2) is 4.79 Å². The molecule has 2 aliphatic rings. The first-order valence-corrected chi connectivity index (χ1v) is 9.90. The van der Waals surface area contributed by atoms with Gasteiger partial charge in [0.15, 0.2) is 0 Å². The van der Waals surface area contributed by atoms with Crippen molar-refractivity contribution in [3.8, 4) is 0 Å². The van der Waals surface area contributed by atoms with Crippen LogP contribution < -0.4 is 0 Å². The van der Waals surface area contributed by atoms with Crippen LogP contribution in [0.2, 0.25) is 0 Å². The Morgan fingerprint density at radius 2 is 1.81 bits per heavy atom. The number of carbonyl (C=O) groups excluding carboxylic acids is 1. The van der Waals surface area contributed by atoms with Gasteiger partial charge in [-0.2, -0.15) is 0 Å². The smallest absolute Gasteiger partial charge is 0.410 e. The summed E-state index contributed by atoms with van der Waals surface area (Å²) in [4.78, 5) is 26.1. The van der Waals surface area contributed by atoms with E-state index in [2.05, 4.69) is 20.8 Å². The van der Waals surface area contributed by atoms with Gasteiger partial charge in [0.2, 0.25) is 0 Å². The van der Waals surface area contributed by atoms with Crippen molar-refractivity contribution in [1.82, 2.24) is 4.90 Å². The Morgan fingerprint density at radius 3 is 2.37 bits per heavy atom. The highest BCUT2D eigenvalue weighted by Gasteiger charge is 2.53. The van der Waals surface area contributed by atoms with Crippen LogP contribution in [0.15, 0.2) is 30.3 Å². The van der Waals surface area contributed by atoms with Crippen molar-refractivity contribution in [2.45, 2.75) is 53.1 Å². The van der Waals surface area contributed by atoms with Gasteiger partial charge >= 0.3 is 12.1 Å². The Morgan fingerprint density at radius 1 is 1.19 bits per heavy atom. The van der Waals surface area contributed by atoms with E-state index in [4.69, 9.17) is 4.74 Å². The first kappa shape index (κ1) is 19.7. The zero-order chi connectivity index (χ0) is 19.7. The molecule has 0 aromatic heterocycles. The number of aliphatic carboxylic acids is 1. The lowest BCUT2D eigenvalue weighted by molar-refractivity contribution is -0.146. The zero-order valence-corrected chi connectivity index (χ0v) is 16.6. The lowest BCUT2D eigenvalue weighted by Crippen LogP contribution is -2.40. The molecule has 148 valence electrons. The molecule has 1 aromatic rings. The van der Waals surface area contributed by atoms with Crippen molar-refractivity contribution in [2.24, 2.45) is 22.7 Å². The molecule has 1 aliphatic heterocycles. The van der Waals surface area contributed by atoms with Gasteiger partial charge in [-0.1, -0.05) is 51.1 Å². The van der Waals surface area contributed by atoms with Crippen LogP contribution >= 0.6 is 0 Å². The minimum Gasteiger partial charge on any atom is -0.481 e. The van der Waals surface area contributed by atoms with E-state index in [-0.39, 0.29) is 24.0 Å². The van der Waals surface area contributed by atoms with Gasteiger partial charge in [0.25, 0.3) is 0 Å². The van der Waals surface area contributed by atoms with Crippen LogP contribution in [0, 0.1) is 22.7 Å². The number of carbonyl (C=O) groups is 2. The predicted octanol–water partition coefficient (Wildman–Crippen LogP) is 4.56. The van der Waals surface area contributed by atoms with Crippen LogP contribution in [0.25, 0.3) is 0 Å². The van der Waals surface area contributed by atoms with Crippen molar-refractivity contribution < 1.29 is 19.4 Å². The summed E-state index contributed by atoms with van der Waals surface area (Å²) in [5.74, 6) is -0.679. The molecule has 1 N–H and O–H groups in total. The second-order valence-electron chi connectivity index (χ2n) is 9.31. The highest BCUT2D eigenvalue weighted by Crippen LogP contribution is 2.52. The maximum atomic E-state index is 12.5. The number of likely N-dealkylation sites (tertiary alicyclic amines) is 1. The Kier molecular flexibility index (Phi) is 5.50. The fraction of sp³-hybridized carbons (Fsp3) is 0.636. The van der Waals surface area contributed by atoms with Gasteiger partial charge in [-0.3, -0.25) is 4.79 Å². The average Bonchev–Trinajstić information content (AvgIpc) is 2.99. The lowest BCUT2D eigenvalue weighted by Gasteiger charge is -2.43. The molecule has 1 heterocycles. The van der Waals surface area contributed by atoms with Crippen molar-refractivity contribution >= 4 is 12.1 Å². The topological polar surface area (TPSA) is 66.8 Å². The molecular formula is C22H31NO4. The monoisotopic (exact) mass is 373 g/mol. The third-order valence-corrected chi connectivity index (χ3v) is 6.62. The normalized spacial score (nSPS) is 28.3.